The Morgan fingerprint density at radius 2 is 1.69 bits per heavy atom. The summed E-state index contributed by atoms with van der Waals surface area (Å²) in [5, 5.41) is 21.1. The predicted molar refractivity (Wildman–Crippen MR) is 151 cm³/mol. The van der Waals surface area contributed by atoms with Crippen LogP contribution in [0.4, 0.5) is 4.39 Å². The Kier molecular flexibility index (Phi) is 7.04. The molecule has 3 aromatic carbocycles. The van der Waals surface area contributed by atoms with Crippen molar-refractivity contribution in [3.05, 3.63) is 127 Å². The van der Waals surface area contributed by atoms with E-state index in [2.05, 4.69) is 6.07 Å². The first-order valence-electron chi connectivity index (χ1n) is 12.5. The number of thiophene rings is 1. The lowest BCUT2D eigenvalue weighted by atomic mass is 9.96. The van der Waals surface area contributed by atoms with Crippen LogP contribution in [0.15, 0.2) is 88.5 Å². The molecule has 0 spiro atoms. The fourth-order valence-corrected chi connectivity index (χ4v) is 5.79. The van der Waals surface area contributed by atoms with Gasteiger partial charge in [-0.15, -0.1) is 11.3 Å². The summed E-state index contributed by atoms with van der Waals surface area (Å²) >= 11 is 1.41. The van der Waals surface area contributed by atoms with Crippen LogP contribution in [0.1, 0.15) is 35.4 Å². The minimum absolute atomic E-state index is 0.220. The van der Waals surface area contributed by atoms with E-state index in [0.717, 1.165) is 26.1 Å². The molecule has 0 saturated heterocycles. The molecule has 196 valence electrons. The van der Waals surface area contributed by atoms with Gasteiger partial charge in [-0.1, -0.05) is 61.5 Å². The molecule has 0 saturated carbocycles. The topological polar surface area (TPSA) is 88.0 Å². The normalized spacial score (nSPS) is 12.8. The maximum atomic E-state index is 13.8. The van der Waals surface area contributed by atoms with Crippen molar-refractivity contribution < 1.29 is 9.50 Å². The number of hydrogen-bond acceptors (Lipinski definition) is 5. The Morgan fingerprint density at radius 1 is 1.00 bits per heavy atom. The lowest BCUT2D eigenvalue weighted by molar-refractivity contribution is 0.0357. The van der Waals surface area contributed by atoms with Crippen LogP contribution in [-0.2, 0) is 25.1 Å². The fraction of sp³-hybridized carbons (Fsp3) is 0.194. The number of benzene rings is 3. The molecule has 0 fully saturated rings. The first-order valence-corrected chi connectivity index (χ1v) is 13.4. The molecular formula is C31H26FN3O3S. The first-order chi connectivity index (χ1) is 18.7. The summed E-state index contributed by atoms with van der Waals surface area (Å²) in [5.74, 6) is -0.442. The van der Waals surface area contributed by atoms with E-state index < -0.39 is 22.7 Å². The van der Waals surface area contributed by atoms with Crippen LogP contribution < -0.4 is 11.2 Å². The smallest absolute Gasteiger partial charge is 0.332 e. The van der Waals surface area contributed by atoms with Crippen molar-refractivity contribution in [2.45, 2.75) is 39.0 Å². The largest absolute Gasteiger partial charge is 0.384 e. The zero-order valence-electron chi connectivity index (χ0n) is 21.5. The number of aliphatic hydroxyl groups is 1. The van der Waals surface area contributed by atoms with E-state index in [-0.39, 0.29) is 13.1 Å². The van der Waals surface area contributed by atoms with Gasteiger partial charge in [0.25, 0.3) is 5.56 Å². The molecule has 1 N–H and O–H groups in total. The van der Waals surface area contributed by atoms with Gasteiger partial charge < -0.3 is 5.11 Å². The monoisotopic (exact) mass is 539 g/mol. The second-order valence-electron chi connectivity index (χ2n) is 9.68. The van der Waals surface area contributed by atoms with Crippen molar-refractivity contribution in [1.82, 2.24) is 9.13 Å². The molecule has 0 amide bonds. The maximum Gasteiger partial charge on any atom is 0.332 e. The molecule has 0 aliphatic heterocycles. The third-order valence-electron chi connectivity index (χ3n) is 6.88. The Hall–Kier alpha value is -4.32. The van der Waals surface area contributed by atoms with E-state index in [1.165, 1.54) is 42.5 Å². The summed E-state index contributed by atoms with van der Waals surface area (Å²) in [5.41, 5.74) is 0.960. The number of aromatic nitrogens is 2. The molecule has 2 heterocycles. The molecule has 0 aliphatic rings. The third-order valence-corrected chi connectivity index (χ3v) is 8.18. The van der Waals surface area contributed by atoms with E-state index >= 15 is 0 Å². The van der Waals surface area contributed by atoms with Gasteiger partial charge >= 0.3 is 5.69 Å². The van der Waals surface area contributed by atoms with E-state index in [9.17, 15) is 24.3 Å². The van der Waals surface area contributed by atoms with Crippen LogP contribution in [0.5, 0.6) is 0 Å². The summed E-state index contributed by atoms with van der Waals surface area (Å²) < 4.78 is 16.1. The summed E-state index contributed by atoms with van der Waals surface area (Å²) in [6.45, 7) is 3.43. The van der Waals surface area contributed by atoms with E-state index in [4.69, 9.17) is 0 Å². The molecule has 0 aliphatic carbocycles. The van der Waals surface area contributed by atoms with Crippen molar-refractivity contribution >= 4 is 21.6 Å². The molecular weight excluding hydrogens is 513 g/mol. The zero-order valence-corrected chi connectivity index (χ0v) is 22.3. The van der Waals surface area contributed by atoms with Crippen LogP contribution in [0.2, 0.25) is 0 Å². The molecule has 2 aromatic heterocycles. The van der Waals surface area contributed by atoms with Crippen LogP contribution in [0.25, 0.3) is 21.3 Å². The van der Waals surface area contributed by atoms with Gasteiger partial charge in [0, 0.05) is 4.88 Å². The quantitative estimate of drug-likeness (QED) is 0.299. The van der Waals surface area contributed by atoms with Crippen LogP contribution in [0.3, 0.4) is 0 Å². The highest BCUT2D eigenvalue weighted by molar-refractivity contribution is 7.18. The van der Waals surface area contributed by atoms with Gasteiger partial charge in [0.15, 0.2) is 0 Å². The van der Waals surface area contributed by atoms with Crippen LogP contribution >= 0.6 is 11.3 Å². The minimum Gasteiger partial charge on any atom is -0.384 e. The second-order valence-corrected chi connectivity index (χ2v) is 10.8. The Morgan fingerprint density at radius 3 is 2.36 bits per heavy atom. The van der Waals surface area contributed by atoms with Gasteiger partial charge in [-0.3, -0.25) is 13.9 Å². The summed E-state index contributed by atoms with van der Waals surface area (Å²) in [6.07, 6.45) is 0.716. The first kappa shape index (κ1) is 26.3. The molecule has 1 unspecified atom stereocenters. The number of nitriles is 1. The SMILES string of the molecule is CCc1cc2c(=O)n(CC(C)(O)c3ccc(F)cc3)c(=O)n(Cc3ccc(-c4ccccc4C#N)cc3)c2s1. The molecule has 5 aromatic rings. The highest BCUT2D eigenvalue weighted by Crippen LogP contribution is 2.27. The summed E-state index contributed by atoms with van der Waals surface area (Å²) in [4.78, 5) is 28.8. The van der Waals surface area contributed by atoms with Crippen molar-refractivity contribution in [1.29, 1.82) is 5.26 Å². The number of rotatable bonds is 7. The molecule has 5 rings (SSSR count). The highest BCUT2D eigenvalue weighted by atomic mass is 32.1. The van der Waals surface area contributed by atoms with Crippen molar-refractivity contribution in [3.63, 3.8) is 0 Å². The Labute approximate surface area is 228 Å². The zero-order chi connectivity index (χ0) is 27.7. The summed E-state index contributed by atoms with van der Waals surface area (Å²) in [7, 11) is 0. The van der Waals surface area contributed by atoms with Gasteiger partial charge in [-0.25, -0.2) is 9.18 Å². The molecule has 0 radical (unpaired) electrons. The van der Waals surface area contributed by atoms with E-state index in [1.54, 1.807) is 10.6 Å². The molecule has 6 nitrogen and oxygen atoms in total. The highest BCUT2D eigenvalue weighted by Gasteiger charge is 2.27. The number of aryl methyl sites for hydroxylation is 1. The van der Waals surface area contributed by atoms with Gasteiger partial charge in [-0.05, 0) is 59.9 Å². The molecule has 0 bridgehead atoms. The fourth-order valence-electron chi connectivity index (χ4n) is 4.72. The standard InChI is InChI=1S/C31H26FN3O3S/c1-3-25-16-27-28(36)35(19-31(2,38)23-12-14-24(32)15-13-23)30(37)34(29(27)39-25)18-20-8-10-21(11-9-20)26-7-5-4-6-22(26)17-33/h4-16,38H,3,18-19H2,1-2H3. The number of fused-ring (bicyclic) bond motifs is 1. The average molecular weight is 540 g/mol. The second kappa shape index (κ2) is 10.4. The molecule has 39 heavy (non-hydrogen) atoms. The van der Waals surface area contributed by atoms with E-state index in [0.29, 0.717) is 27.8 Å². The Balaban J connectivity index is 1.57. The van der Waals surface area contributed by atoms with E-state index in [1.807, 2.05) is 55.5 Å². The lowest BCUT2D eigenvalue weighted by Gasteiger charge is -2.25. The van der Waals surface area contributed by atoms with Crippen LogP contribution in [-0.4, -0.2) is 14.2 Å². The van der Waals surface area contributed by atoms with Gasteiger partial charge in [-0.2, -0.15) is 5.26 Å². The number of halogens is 1. The Bertz CT molecular complexity index is 1830. The van der Waals surface area contributed by atoms with Crippen molar-refractivity contribution in [2.75, 3.05) is 0 Å². The third kappa shape index (κ3) is 5.07. The lowest BCUT2D eigenvalue weighted by Crippen LogP contribution is -2.44. The maximum absolute atomic E-state index is 13.8. The van der Waals surface area contributed by atoms with Crippen molar-refractivity contribution in [3.8, 4) is 17.2 Å². The molecule has 1 atom stereocenters. The molecule has 8 heteroatoms. The van der Waals surface area contributed by atoms with Crippen LogP contribution in [0, 0.1) is 17.1 Å². The minimum atomic E-state index is -1.58. The summed E-state index contributed by atoms with van der Waals surface area (Å²) in [6, 6.07) is 24.4. The van der Waals surface area contributed by atoms with Gasteiger partial charge in [0.2, 0.25) is 0 Å². The number of nitrogens with zero attached hydrogens (tertiary/aromatic N) is 3. The predicted octanol–water partition coefficient (Wildman–Crippen LogP) is 5.42. The van der Waals surface area contributed by atoms with Gasteiger partial charge in [0.1, 0.15) is 16.2 Å². The number of hydrogen-bond donors (Lipinski definition) is 1. The van der Waals surface area contributed by atoms with Gasteiger partial charge in [0.05, 0.1) is 30.1 Å². The van der Waals surface area contributed by atoms with Crippen molar-refractivity contribution in [2.24, 2.45) is 0 Å². The average Bonchev–Trinajstić information content (AvgIpc) is 3.39.